The van der Waals surface area contributed by atoms with E-state index >= 15 is 0 Å². The van der Waals surface area contributed by atoms with Gasteiger partial charge in [0.05, 0.1) is 5.56 Å². The second-order valence-corrected chi connectivity index (χ2v) is 6.48. The van der Waals surface area contributed by atoms with Crippen molar-refractivity contribution in [2.45, 2.75) is 45.1 Å². The van der Waals surface area contributed by atoms with Crippen LogP contribution >= 0.6 is 22.6 Å². The largest absolute Gasteiger partial charge is 0.349 e. The van der Waals surface area contributed by atoms with Gasteiger partial charge >= 0.3 is 0 Å². The molecule has 2 atom stereocenters. The van der Waals surface area contributed by atoms with Gasteiger partial charge in [-0.3, -0.25) is 4.79 Å². The SMILES string of the molecule is CC1CCCCCC1NC(=O)c1ccc(F)cc1I. The summed E-state index contributed by atoms with van der Waals surface area (Å²) >= 11 is 2.01. The van der Waals surface area contributed by atoms with E-state index in [1.54, 1.807) is 6.07 Å². The average Bonchev–Trinajstić information content (AvgIpc) is 2.55. The number of carbonyl (C=O) groups excluding carboxylic acids is 1. The van der Waals surface area contributed by atoms with Gasteiger partial charge in [0.15, 0.2) is 0 Å². The molecule has 1 fully saturated rings. The highest BCUT2D eigenvalue weighted by Gasteiger charge is 2.22. The van der Waals surface area contributed by atoms with Crippen LogP contribution in [-0.2, 0) is 0 Å². The lowest BCUT2D eigenvalue weighted by Crippen LogP contribution is -2.39. The quantitative estimate of drug-likeness (QED) is 0.611. The number of hydrogen-bond donors (Lipinski definition) is 1. The van der Waals surface area contributed by atoms with Crippen LogP contribution in [0, 0.1) is 15.3 Å². The molecule has 0 bridgehead atoms. The Labute approximate surface area is 127 Å². The fourth-order valence-electron chi connectivity index (χ4n) is 2.63. The zero-order valence-electron chi connectivity index (χ0n) is 11.1. The molecule has 2 nitrogen and oxygen atoms in total. The molecular weight excluding hydrogens is 356 g/mol. The van der Waals surface area contributed by atoms with E-state index in [-0.39, 0.29) is 17.8 Å². The average molecular weight is 375 g/mol. The van der Waals surface area contributed by atoms with Crippen molar-refractivity contribution in [2.75, 3.05) is 0 Å². The summed E-state index contributed by atoms with van der Waals surface area (Å²) in [5.74, 6) is 0.136. The molecule has 0 aromatic heterocycles. The number of halogens is 2. The van der Waals surface area contributed by atoms with Gasteiger partial charge in [-0.1, -0.05) is 26.2 Å². The van der Waals surface area contributed by atoms with E-state index in [1.807, 2.05) is 22.6 Å². The van der Waals surface area contributed by atoms with E-state index in [0.29, 0.717) is 15.1 Å². The maximum Gasteiger partial charge on any atom is 0.252 e. The van der Waals surface area contributed by atoms with E-state index in [2.05, 4.69) is 12.2 Å². The highest BCUT2D eigenvalue weighted by Crippen LogP contribution is 2.23. The van der Waals surface area contributed by atoms with Gasteiger partial charge in [-0.05, 0) is 59.5 Å². The lowest BCUT2D eigenvalue weighted by Gasteiger charge is -2.23. The summed E-state index contributed by atoms with van der Waals surface area (Å²) in [5, 5.41) is 3.12. The van der Waals surface area contributed by atoms with Crippen molar-refractivity contribution in [3.05, 3.63) is 33.1 Å². The summed E-state index contributed by atoms with van der Waals surface area (Å²) in [6, 6.07) is 4.55. The molecule has 1 N–H and O–H groups in total. The number of amides is 1. The highest BCUT2D eigenvalue weighted by atomic mass is 127. The smallest absolute Gasteiger partial charge is 0.252 e. The normalized spacial score (nSPS) is 23.7. The van der Waals surface area contributed by atoms with Gasteiger partial charge in [0.2, 0.25) is 0 Å². The molecule has 4 heteroatoms. The Morgan fingerprint density at radius 2 is 2.05 bits per heavy atom. The molecule has 0 radical (unpaired) electrons. The molecular formula is C15H19FINO. The fourth-order valence-corrected chi connectivity index (χ4v) is 3.35. The summed E-state index contributed by atoms with van der Waals surface area (Å²) in [6.45, 7) is 2.20. The first-order chi connectivity index (χ1) is 9.08. The predicted octanol–water partition coefficient (Wildman–Crippen LogP) is 4.13. The van der Waals surface area contributed by atoms with Crippen LogP contribution < -0.4 is 5.32 Å². The first-order valence-electron chi connectivity index (χ1n) is 6.84. The van der Waals surface area contributed by atoms with E-state index in [1.165, 1.54) is 37.8 Å². The van der Waals surface area contributed by atoms with Crippen molar-refractivity contribution < 1.29 is 9.18 Å². The summed E-state index contributed by atoms with van der Waals surface area (Å²) in [7, 11) is 0. The lowest BCUT2D eigenvalue weighted by molar-refractivity contribution is 0.0920. The van der Waals surface area contributed by atoms with Crippen molar-refractivity contribution in [2.24, 2.45) is 5.92 Å². The zero-order valence-corrected chi connectivity index (χ0v) is 13.2. The predicted molar refractivity (Wildman–Crippen MR) is 82.6 cm³/mol. The van der Waals surface area contributed by atoms with Crippen LogP contribution in [0.1, 0.15) is 49.4 Å². The molecule has 2 rings (SSSR count). The van der Waals surface area contributed by atoms with Crippen LogP contribution in [0.4, 0.5) is 4.39 Å². The van der Waals surface area contributed by atoms with Gasteiger partial charge in [0.25, 0.3) is 5.91 Å². The van der Waals surface area contributed by atoms with Crippen molar-refractivity contribution >= 4 is 28.5 Å². The van der Waals surface area contributed by atoms with Crippen LogP contribution in [0.25, 0.3) is 0 Å². The Morgan fingerprint density at radius 1 is 1.32 bits per heavy atom. The Hall–Kier alpha value is -0.650. The molecule has 0 spiro atoms. The molecule has 1 aromatic carbocycles. The van der Waals surface area contributed by atoms with Crippen LogP contribution in [0.3, 0.4) is 0 Å². The minimum Gasteiger partial charge on any atom is -0.349 e. The van der Waals surface area contributed by atoms with Crippen LogP contribution in [0.15, 0.2) is 18.2 Å². The maximum atomic E-state index is 13.0. The Kier molecular flexibility index (Phi) is 5.19. The highest BCUT2D eigenvalue weighted by molar-refractivity contribution is 14.1. The number of benzene rings is 1. The van der Waals surface area contributed by atoms with Gasteiger partial charge in [-0.25, -0.2) is 4.39 Å². The van der Waals surface area contributed by atoms with E-state index in [0.717, 1.165) is 6.42 Å². The topological polar surface area (TPSA) is 29.1 Å². The molecule has 2 unspecified atom stereocenters. The number of rotatable bonds is 2. The lowest BCUT2D eigenvalue weighted by atomic mass is 9.96. The van der Waals surface area contributed by atoms with E-state index in [4.69, 9.17) is 0 Å². The molecule has 1 aromatic rings. The standard InChI is InChI=1S/C15H19FINO/c1-10-5-3-2-4-6-14(10)18-15(19)12-8-7-11(16)9-13(12)17/h7-10,14H,2-6H2,1H3,(H,18,19). The van der Waals surface area contributed by atoms with Crippen LogP contribution in [-0.4, -0.2) is 11.9 Å². The Morgan fingerprint density at radius 3 is 2.79 bits per heavy atom. The fraction of sp³-hybridized carbons (Fsp3) is 0.533. The molecule has 1 amide bonds. The molecule has 104 valence electrons. The third kappa shape index (κ3) is 3.91. The second-order valence-electron chi connectivity index (χ2n) is 5.32. The summed E-state index contributed by atoms with van der Waals surface area (Å²) in [4.78, 5) is 12.3. The third-order valence-corrected chi connectivity index (χ3v) is 4.75. The maximum absolute atomic E-state index is 13.0. The summed E-state index contributed by atoms with van der Waals surface area (Å²) in [5.41, 5.74) is 0.568. The van der Waals surface area contributed by atoms with Crippen LogP contribution in [0.2, 0.25) is 0 Å². The molecule has 0 aliphatic heterocycles. The van der Waals surface area contributed by atoms with Gasteiger partial charge < -0.3 is 5.32 Å². The first-order valence-corrected chi connectivity index (χ1v) is 7.91. The molecule has 1 aliphatic rings. The Balaban J connectivity index is 2.07. The minimum absolute atomic E-state index is 0.0804. The van der Waals surface area contributed by atoms with Crippen molar-refractivity contribution in [1.29, 1.82) is 0 Å². The van der Waals surface area contributed by atoms with Gasteiger partial charge in [-0.15, -0.1) is 0 Å². The van der Waals surface area contributed by atoms with E-state index in [9.17, 15) is 9.18 Å². The number of nitrogens with one attached hydrogen (secondary N) is 1. The number of carbonyl (C=O) groups is 1. The van der Waals surface area contributed by atoms with Crippen molar-refractivity contribution in [1.82, 2.24) is 5.32 Å². The monoisotopic (exact) mass is 375 g/mol. The Bertz CT molecular complexity index is 463. The summed E-state index contributed by atoms with van der Waals surface area (Å²) in [6.07, 6.45) is 5.90. The summed E-state index contributed by atoms with van der Waals surface area (Å²) < 4.78 is 13.7. The first kappa shape index (κ1) is 14.8. The van der Waals surface area contributed by atoms with Crippen molar-refractivity contribution in [3.8, 4) is 0 Å². The second kappa shape index (κ2) is 6.68. The third-order valence-electron chi connectivity index (χ3n) is 3.85. The molecule has 0 saturated heterocycles. The van der Waals surface area contributed by atoms with Gasteiger partial charge in [0.1, 0.15) is 5.82 Å². The van der Waals surface area contributed by atoms with Crippen molar-refractivity contribution in [3.63, 3.8) is 0 Å². The molecule has 19 heavy (non-hydrogen) atoms. The van der Waals surface area contributed by atoms with Crippen LogP contribution in [0.5, 0.6) is 0 Å². The number of hydrogen-bond acceptors (Lipinski definition) is 1. The molecule has 1 aliphatic carbocycles. The van der Waals surface area contributed by atoms with Gasteiger partial charge in [0, 0.05) is 9.61 Å². The van der Waals surface area contributed by atoms with E-state index < -0.39 is 0 Å². The zero-order chi connectivity index (χ0) is 13.8. The molecule has 1 saturated carbocycles. The van der Waals surface area contributed by atoms with Gasteiger partial charge in [-0.2, -0.15) is 0 Å². The molecule has 0 heterocycles. The minimum atomic E-state index is -0.302.